The van der Waals surface area contributed by atoms with E-state index >= 15 is 0 Å². The summed E-state index contributed by atoms with van der Waals surface area (Å²) in [6.07, 6.45) is 0. The Kier molecular flexibility index (Phi) is 5.77. The number of aryl methyl sites for hydroxylation is 1. The second kappa shape index (κ2) is 9.03. The van der Waals surface area contributed by atoms with Crippen LogP contribution in [-0.2, 0) is 0 Å². The maximum Gasteiger partial charge on any atom is 0.261 e. The van der Waals surface area contributed by atoms with Crippen molar-refractivity contribution in [2.45, 2.75) is 6.92 Å². The standard InChI is InChI=1S/C25H25N7O2/c1-16-26-24-23(25(34)27-16)20(19-5-3-4-6-22(19)33)15-21(28-24)17-7-9-18(10-8-17)29-30-32-13-11-31(2)12-14-32/h3-10,15,33H,11-14H2,1-2H3,(H,26,27,28,34). The van der Waals surface area contributed by atoms with Crippen LogP contribution >= 0.6 is 0 Å². The topological polar surface area (TPSA) is 110 Å². The lowest BCUT2D eigenvalue weighted by molar-refractivity contribution is 0.150. The number of fused-ring (bicyclic) bond motifs is 1. The van der Waals surface area contributed by atoms with Gasteiger partial charge in [-0.15, -0.1) is 5.11 Å². The summed E-state index contributed by atoms with van der Waals surface area (Å²) >= 11 is 0. The number of benzene rings is 2. The molecule has 0 aliphatic carbocycles. The summed E-state index contributed by atoms with van der Waals surface area (Å²) in [5.41, 5.74) is 3.39. The van der Waals surface area contributed by atoms with E-state index in [1.54, 1.807) is 25.1 Å². The number of nitrogens with one attached hydrogen (secondary N) is 1. The van der Waals surface area contributed by atoms with Gasteiger partial charge in [0.25, 0.3) is 5.56 Å². The number of aromatic amines is 1. The predicted molar refractivity (Wildman–Crippen MR) is 131 cm³/mol. The first-order chi connectivity index (χ1) is 16.5. The molecule has 34 heavy (non-hydrogen) atoms. The number of rotatable bonds is 4. The first kappa shape index (κ1) is 21.7. The molecule has 3 heterocycles. The minimum Gasteiger partial charge on any atom is -0.507 e. The first-order valence-electron chi connectivity index (χ1n) is 11.1. The van der Waals surface area contributed by atoms with Gasteiger partial charge < -0.3 is 15.0 Å². The van der Waals surface area contributed by atoms with Gasteiger partial charge in [0.05, 0.1) is 29.9 Å². The van der Waals surface area contributed by atoms with Crippen molar-refractivity contribution in [2.75, 3.05) is 33.2 Å². The molecule has 1 saturated heterocycles. The summed E-state index contributed by atoms with van der Waals surface area (Å²) in [6, 6.07) is 16.3. The van der Waals surface area contributed by atoms with Gasteiger partial charge in [0.1, 0.15) is 11.6 Å². The van der Waals surface area contributed by atoms with Gasteiger partial charge in [-0.1, -0.05) is 35.6 Å². The van der Waals surface area contributed by atoms with Gasteiger partial charge in [0.15, 0.2) is 5.65 Å². The molecule has 2 aromatic heterocycles. The van der Waals surface area contributed by atoms with E-state index in [1.807, 2.05) is 41.4 Å². The Morgan fingerprint density at radius 2 is 1.71 bits per heavy atom. The van der Waals surface area contributed by atoms with E-state index in [-0.39, 0.29) is 11.3 Å². The van der Waals surface area contributed by atoms with Crippen molar-refractivity contribution in [1.82, 2.24) is 24.9 Å². The van der Waals surface area contributed by atoms with Crippen LogP contribution < -0.4 is 5.56 Å². The number of likely N-dealkylation sites (N-methyl/N-ethyl adjacent to an activating group) is 1. The average molecular weight is 456 g/mol. The number of H-pyrrole nitrogens is 1. The molecule has 2 N–H and O–H groups in total. The highest BCUT2D eigenvalue weighted by molar-refractivity contribution is 5.95. The molecule has 0 unspecified atom stereocenters. The van der Waals surface area contributed by atoms with Crippen molar-refractivity contribution in [3.05, 3.63) is 70.8 Å². The molecule has 0 amide bonds. The third-order valence-corrected chi connectivity index (χ3v) is 5.92. The lowest BCUT2D eigenvalue weighted by atomic mass is 9.99. The van der Waals surface area contributed by atoms with E-state index in [0.29, 0.717) is 33.7 Å². The van der Waals surface area contributed by atoms with Gasteiger partial charge in [0.2, 0.25) is 0 Å². The molecule has 0 atom stereocenters. The Hall–Kier alpha value is -4.11. The summed E-state index contributed by atoms with van der Waals surface area (Å²) in [5.74, 6) is 0.561. The number of para-hydroxylation sites is 1. The van der Waals surface area contributed by atoms with Crippen LogP contribution in [0.3, 0.4) is 0 Å². The Morgan fingerprint density at radius 3 is 2.44 bits per heavy atom. The molecule has 4 aromatic rings. The minimum absolute atomic E-state index is 0.0839. The van der Waals surface area contributed by atoms with Crippen molar-refractivity contribution < 1.29 is 5.11 Å². The molecular formula is C25H25N7O2. The third-order valence-electron chi connectivity index (χ3n) is 5.92. The van der Waals surface area contributed by atoms with Gasteiger partial charge in [-0.3, -0.25) is 9.80 Å². The molecule has 5 rings (SSSR count). The zero-order valence-corrected chi connectivity index (χ0v) is 19.1. The van der Waals surface area contributed by atoms with Crippen LogP contribution in [0.15, 0.2) is 69.7 Å². The van der Waals surface area contributed by atoms with Crippen LogP contribution in [0.1, 0.15) is 5.82 Å². The fourth-order valence-electron chi connectivity index (χ4n) is 4.01. The smallest absolute Gasteiger partial charge is 0.261 e. The maximum absolute atomic E-state index is 12.8. The predicted octanol–water partition coefficient (Wildman–Crippen LogP) is 3.91. The zero-order valence-electron chi connectivity index (χ0n) is 19.1. The van der Waals surface area contributed by atoms with Crippen molar-refractivity contribution in [1.29, 1.82) is 0 Å². The first-order valence-corrected chi connectivity index (χ1v) is 11.1. The lowest BCUT2D eigenvalue weighted by Crippen LogP contribution is -2.41. The Bertz CT molecular complexity index is 1420. The molecule has 1 aliphatic rings. The fraction of sp³-hybridized carbons (Fsp3) is 0.240. The average Bonchev–Trinajstić information content (AvgIpc) is 2.83. The maximum atomic E-state index is 12.8. The number of phenols is 1. The van der Waals surface area contributed by atoms with Gasteiger partial charge in [-0.2, -0.15) is 0 Å². The number of hydrogen-bond acceptors (Lipinski definition) is 7. The van der Waals surface area contributed by atoms with Gasteiger partial charge in [-0.05, 0) is 38.2 Å². The van der Waals surface area contributed by atoms with Crippen LogP contribution in [0.5, 0.6) is 5.75 Å². The van der Waals surface area contributed by atoms with Gasteiger partial charge >= 0.3 is 0 Å². The van der Waals surface area contributed by atoms with Gasteiger partial charge in [0, 0.05) is 29.8 Å². The van der Waals surface area contributed by atoms with E-state index in [9.17, 15) is 9.90 Å². The van der Waals surface area contributed by atoms with Gasteiger partial charge in [-0.25, -0.2) is 9.97 Å². The number of nitrogens with zero attached hydrogens (tertiary/aromatic N) is 6. The van der Waals surface area contributed by atoms with Crippen molar-refractivity contribution in [3.8, 4) is 28.1 Å². The fourth-order valence-corrected chi connectivity index (χ4v) is 4.01. The van der Waals surface area contributed by atoms with E-state index in [4.69, 9.17) is 0 Å². The van der Waals surface area contributed by atoms with Crippen LogP contribution in [0.4, 0.5) is 5.69 Å². The second-order valence-corrected chi connectivity index (χ2v) is 8.42. The minimum atomic E-state index is -0.292. The highest BCUT2D eigenvalue weighted by Crippen LogP contribution is 2.35. The molecule has 0 bridgehead atoms. The molecule has 2 aromatic carbocycles. The van der Waals surface area contributed by atoms with Crippen LogP contribution in [0, 0.1) is 6.92 Å². The number of hydrogen-bond donors (Lipinski definition) is 2. The molecule has 0 spiro atoms. The third kappa shape index (κ3) is 4.38. The molecule has 1 fully saturated rings. The molecule has 1 aliphatic heterocycles. The van der Waals surface area contributed by atoms with E-state index in [2.05, 4.69) is 37.2 Å². The van der Waals surface area contributed by atoms with Crippen molar-refractivity contribution in [3.63, 3.8) is 0 Å². The molecule has 9 heteroatoms. The summed E-state index contributed by atoms with van der Waals surface area (Å²) in [5, 5.41) is 21.5. The molecule has 9 nitrogen and oxygen atoms in total. The van der Waals surface area contributed by atoms with Crippen LogP contribution in [0.25, 0.3) is 33.4 Å². The van der Waals surface area contributed by atoms with E-state index in [0.717, 1.165) is 37.4 Å². The Balaban J connectivity index is 1.53. The quantitative estimate of drug-likeness (QED) is 0.452. The molecule has 0 saturated carbocycles. The number of aromatic hydroxyl groups is 1. The molecule has 0 radical (unpaired) electrons. The Morgan fingerprint density at radius 1 is 0.971 bits per heavy atom. The monoisotopic (exact) mass is 455 g/mol. The largest absolute Gasteiger partial charge is 0.507 e. The van der Waals surface area contributed by atoms with E-state index < -0.39 is 0 Å². The normalized spacial score (nSPS) is 14.8. The van der Waals surface area contributed by atoms with Crippen LogP contribution in [-0.4, -0.2) is 63.2 Å². The lowest BCUT2D eigenvalue weighted by Gasteiger charge is -2.29. The Labute approximate surface area is 196 Å². The number of phenolic OH excluding ortho intramolecular Hbond substituents is 1. The summed E-state index contributed by atoms with van der Waals surface area (Å²) in [4.78, 5) is 26.9. The SMILES string of the molecule is Cc1nc2nc(-c3ccc(N=NN4CCN(C)CC4)cc3)cc(-c3ccccc3O)c2c(=O)[nH]1. The highest BCUT2D eigenvalue weighted by Gasteiger charge is 2.16. The van der Waals surface area contributed by atoms with Crippen molar-refractivity contribution >= 4 is 16.7 Å². The molecular weight excluding hydrogens is 430 g/mol. The number of piperazine rings is 1. The van der Waals surface area contributed by atoms with Crippen molar-refractivity contribution in [2.24, 2.45) is 10.3 Å². The van der Waals surface area contributed by atoms with Crippen LogP contribution in [0.2, 0.25) is 0 Å². The summed E-state index contributed by atoms with van der Waals surface area (Å²) < 4.78 is 0. The van der Waals surface area contributed by atoms with E-state index in [1.165, 1.54) is 0 Å². The number of pyridine rings is 1. The molecule has 172 valence electrons. The summed E-state index contributed by atoms with van der Waals surface area (Å²) in [7, 11) is 2.10. The number of aromatic nitrogens is 3. The zero-order chi connectivity index (χ0) is 23.7. The highest BCUT2D eigenvalue weighted by atomic mass is 16.3. The summed E-state index contributed by atoms with van der Waals surface area (Å²) in [6.45, 7) is 5.39. The second-order valence-electron chi connectivity index (χ2n) is 8.42.